The van der Waals surface area contributed by atoms with Crippen molar-refractivity contribution in [3.63, 3.8) is 0 Å². The Morgan fingerprint density at radius 3 is 2.03 bits per heavy atom. The molecule has 0 atom stereocenters. The smallest absolute Gasteiger partial charge is 0.234 e. The van der Waals surface area contributed by atoms with Crippen LogP contribution in [0.15, 0.2) is 12.1 Å². The number of aromatic hydroxyl groups is 1. The first-order valence-corrected chi connectivity index (χ1v) is 12.5. The summed E-state index contributed by atoms with van der Waals surface area (Å²) >= 11 is 0. The molecule has 0 spiro atoms. The Morgan fingerprint density at radius 1 is 1.00 bits per heavy atom. The number of rotatable bonds is 8. The molecule has 2 rings (SSSR count). The highest BCUT2D eigenvalue weighted by Crippen LogP contribution is 2.40. The van der Waals surface area contributed by atoms with E-state index in [4.69, 9.17) is 0 Å². The van der Waals surface area contributed by atoms with Crippen LogP contribution in [0.5, 0.6) is 5.75 Å². The summed E-state index contributed by atoms with van der Waals surface area (Å²) in [6.45, 7) is 17.5. The van der Waals surface area contributed by atoms with Crippen molar-refractivity contribution in [2.45, 2.75) is 97.4 Å². The van der Waals surface area contributed by atoms with Gasteiger partial charge in [0.05, 0.1) is 6.54 Å². The van der Waals surface area contributed by atoms with E-state index in [9.17, 15) is 14.7 Å². The third-order valence-corrected chi connectivity index (χ3v) is 6.32. The Kier molecular flexibility index (Phi) is 9.36. The topological polar surface area (TPSA) is 81.7 Å². The van der Waals surface area contributed by atoms with Gasteiger partial charge in [0, 0.05) is 32.1 Å². The van der Waals surface area contributed by atoms with Crippen molar-refractivity contribution in [1.82, 2.24) is 15.5 Å². The van der Waals surface area contributed by atoms with Crippen LogP contribution in [0.2, 0.25) is 0 Å². The molecule has 186 valence electrons. The lowest BCUT2D eigenvalue weighted by Crippen LogP contribution is -2.47. The van der Waals surface area contributed by atoms with Crippen molar-refractivity contribution in [2.24, 2.45) is 0 Å². The Hall–Kier alpha value is -2.08. The van der Waals surface area contributed by atoms with Gasteiger partial charge in [-0.2, -0.15) is 0 Å². The molecule has 1 saturated heterocycles. The van der Waals surface area contributed by atoms with Gasteiger partial charge in [-0.3, -0.25) is 14.5 Å². The zero-order valence-electron chi connectivity index (χ0n) is 21.8. The molecular formula is C27H45N3O3. The Morgan fingerprint density at radius 2 is 1.55 bits per heavy atom. The lowest BCUT2D eigenvalue weighted by molar-refractivity contribution is -0.124. The van der Waals surface area contributed by atoms with Crippen LogP contribution in [-0.4, -0.2) is 54.0 Å². The number of likely N-dealkylation sites (tertiary alicyclic amines) is 1. The molecule has 1 aliphatic rings. The van der Waals surface area contributed by atoms with E-state index in [1.165, 1.54) is 0 Å². The van der Waals surface area contributed by atoms with Crippen LogP contribution in [0, 0.1) is 0 Å². The summed E-state index contributed by atoms with van der Waals surface area (Å²) < 4.78 is 0. The zero-order chi connectivity index (χ0) is 24.8. The molecule has 1 fully saturated rings. The van der Waals surface area contributed by atoms with Crippen LogP contribution in [0.4, 0.5) is 0 Å². The predicted molar refractivity (Wildman–Crippen MR) is 135 cm³/mol. The summed E-state index contributed by atoms with van der Waals surface area (Å²) in [5.41, 5.74) is 2.60. The number of carbonyl (C=O) groups excluding carboxylic acids is 2. The second-order valence-electron chi connectivity index (χ2n) is 11.5. The fourth-order valence-electron chi connectivity index (χ4n) is 4.30. The monoisotopic (exact) mass is 459 g/mol. The summed E-state index contributed by atoms with van der Waals surface area (Å²) in [4.78, 5) is 26.7. The summed E-state index contributed by atoms with van der Waals surface area (Å²) in [5.74, 6) is 0.521. The van der Waals surface area contributed by atoms with Gasteiger partial charge in [0.25, 0.3) is 0 Å². The summed E-state index contributed by atoms with van der Waals surface area (Å²) in [6, 6.07) is 4.28. The van der Waals surface area contributed by atoms with Gasteiger partial charge in [-0.1, -0.05) is 60.6 Å². The number of nitrogens with zero attached hydrogens (tertiary/aromatic N) is 1. The average molecular weight is 460 g/mol. The molecule has 0 unspecified atom stereocenters. The number of benzene rings is 1. The third kappa shape index (κ3) is 8.33. The van der Waals surface area contributed by atoms with Crippen LogP contribution in [0.3, 0.4) is 0 Å². The van der Waals surface area contributed by atoms with E-state index in [0.29, 0.717) is 25.1 Å². The molecule has 3 N–H and O–H groups in total. The third-order valence-electron chi connectivity index (χ3n) is 6.32. The van der Waals surface area contributed by atoms with Crippen LogP contribution in [0.25, 0.3) is 0 Å². The number of nitrogens with one attached hydrogen (secondary N) is 2. The maximum atomic E-state index is 12.7. The van der Waals surface area contributed by atoms with Crippen LogP contribution in [-0.2, 0) is 26.8 Å². The van der Waals surface area contributed by atoms with Gasteiger partial charge in [0.1, 0.15) is 5.75 Å². The first-order valence-electron chi connectivity index (χ1n) is 12.5. The minimum atomic E-state index is -0.177. The molecule has 1 aliphatic heterocycles. The fraction of sp³-hybridized carbons (Fsp3) is 0.704. The first kappa shape index (κ1) is 27.2. The highest BCUT2D eigenvalue weighted by molar-refractivity contribution is 5.78. The number of amides is 2. The zero-order valence-corrected chi connectivity index (χ0v) is 21.8. The highest BCUT2D eigenvalue weighted by Gasteiger charge is 2.27. The minimum absolute atomic E-state index is 0.0665. The fourth-order valence-corrected chi connectivity index (χ4v) is 4.30. The Labute approximate surface area is 200 Å². The van der Waals surface area contributed by atoms with E-state index in [-0.39, 0.29) is 28.7 Å². The quantitative estimate of drug-likeness (QED) is 0.548. The lowest BCUT2D eigenvalue weighted by atomic mass is 9.78. The molecular weight excluding hydrogens is 414 g/mol. The van der Waals surface area contributed by atoms with E-state index in [0.717, 1.165) is 55.6 Å². The molecule has 2 amide bonds. The standard InChI is InChI=1S/C27H45N3O3/c1-8-13-28-24(32)18-30-14-11-20(12-15-30)29-23(31)10-9-19-16-21(26(2,3)4)25(33)22(17-19)27(5,6)7/h16-17,20,33H,8-15,18H2,1-7H3,(H,28,32)(H,29,31). The molecule has 0 bridgehead atoms. The van der Waals surface area contributed by atoms with Crippen molar-refractivity contribution in [2.75, 3.05) is 26.2 Å². The number of phenolic OH excluding ortho intramolecular Hbond substituents is 1. The van der Waals surface area contributed by atoms with Gasteiger partial charge in [-0.25, -0.2) is 0 Å². The molecule has 33 heavy (non-hydrogen) atoms. The second kappa shape index (κ2) is 11.4. The molecule has 0 aromatic heterocycles. The van der Waals surface area contributed by atoms with Crippen LogP contribution in [0.1, 0.15) is 90.8 Å². The lowest BCUT2D eigenvalue weighted by Gasteiger charge is -2.32. The Bertz CT molecular complexity index is 778. The molecule has 0 saturated carbocycles. The van der Waals surface area contributed by atoms with Gasteiger partial charge in [-0.05, 0) is 53.2 Å². The maximum Gasteiger partial charge on any atom is 0.234 e. The predicted octanol–water partition coefficient (Wildman–Crippen LogP) is 4.03. The Balaban J connectivity index is 1.91. The summed E-state index contributed by atoms with van der Waals surface area (Å²) in [6.07, 6.45) is 3.76. The van der Waals surface area contributed by atoms with E-state index in [1.807, 2.05) is 6.92 Å². The van der Waals surface area contributed by atoms with E-state index in [2.05, 4.69) is 69.2 Å². The van der Waals surface area contributed by atoms with Gasteiger partial charge < -0.3 is 15.7 Å². The number of piperidine rings is 1. The number of hydrogen-bond acceptors (Lipinski definition) is 4. The van der Waals surface area contributed by atoms with Gasteiger partial charge >= 0.3 is 0 Å². The van der Waals surface area contributed by atoms with Crippen LogP contribution >= 0.6 is 0 Å². The molecule has 1 heterocycles. The van der Waals surface area contributed by atoms with E-state index in [1.54, 1.807) is 0 Å². The number of carbonyl (C=O) groups is 2. The molecule has 1 aromatic rings. The normalized spacial score (nSPS) is 16.0. The van der Waals surface area contributed by atoms with Gasteiger partial charge in [-0.15, -0.1) is 0 Å². The molecule has 6 nitrogen and oxygen atoms in total. The SMILES string of the molecule is CCCNC(=O)CN1CCC(NC(=O)CCc2cc(C(C)(C)C)c(O)c(C(C)(C)C)c2)CC1. The summed E-state index contributed by atoms with van der Waals surface area (Å²) in [7, 11) is 0. The van der Waals surface area contributed by atoms with Gasteiger partial charge in [0.15, 0.2) is 0 Å². The second-order valence-corrected chi connectivity index (χ2v) is 11.5. The maximum absolute atomic E-state index is 12.7. The van der Waals surface area contributed by atoms with E-state index < -0.39 is 0 Å². The number of hydrogen-bond donors (Lipinski definition) is 3. The minimum Gasteiger partial charge on any atom is -0.507 e. The van der Waals surface area contributed by atoms with E-state index >= 15 is 0 Å². The first-order chi connectivity index (χ1) is 15.3. The molecule has 0 radical (unpaired) electrons. The largest absolute Gasteiger partial charge is 0.507 e. The van der Waals surface area contributed by atoms with Crippen LogP contribution < -0.4 is 10.6 Å². The van der Waals surface area contributed by atoms with Crippen molar-refractivity contribution in [1.29, 1.82) is 0 Å². The number of phenols is 1. The van der Waals surface area contributed by atoms with Crippen molar-refractivity contribution < 1.29 is 14.7 Å². The molecule has 0 aliphatic carbocycles. The molecule has 1 aromatic carbocycles. The average Bonchev–Trinajstić information content (AvgIpc) is 2.71. The van der Waals surface area contributed by atoms with Crippen molar-refractivity contribution in [3.8, 4) is 5.75 Å². The highest BCUT2D eigenvalue weighted by atomic mass is 16.3. The molecule has 6 heteroatoms. The number of aryl methyl sites for hydroxylation is 1. The summed E-state index contributed by atoms with van der Waals surface area (Å²) in [5, 5.41) is 17.0. The van der Waals surface area contributed by atoms with Gasteiger partial charge in [0.2, 0.25) is 11.8 Å². The van der Waals surface area contributed by atoms with Crippen molar-refractivity contribution >= 4 is 11.8 Å². The van der Waals surface area contributed by atoms with Crippen molar-refractivity contribution in [3.05, 3.63) is 28.8 Å².